The van der Waals surface area contributed by atoms with Crippen molar-refractivity contribution in [2.45, 2.75) is 4.90 Å². The van der Waals surface area contributed by atoms with Crippen molar-refractivity contribution in [2.75, 3.05) is 31.7 Å². The molecule has 31 heavy (non-hydrogen) atoms. The van der Waals surface area contributed by atoms with Crippen LogP contribution in [0.3, 0.4) is 0 Å². The Balaban J connectivity index is 1.56. The lowest BCUT2D eigenvalue weighted by atomic mass is 10.1. The second-order valence-corrected chi connectivity index (χ2v) is 8.72. The maximum absolute atomic E-state index is 12.8. The van der Waals surface area contributed by atoms with Gasteiger partial charge in [0.1, 0.15) is 5.69 Å². The highest BCUT2D eigenvalue weighted by atomic mass is 32.2. The number of fused-ring (bicyclic) bond motifs is 1. The van der Waals surface area contributed by atoms with Crippen LogP contribution in [0.5, 0.6) is 0 Å². The highest BCUT2D eigenvalue weighted by molar-refractivity contribution is 7.89. The number of ether oxygens (including phenoxy) is 1. The van der Waals surface area contributed by atoms with Crippen molar-refractivity contribution < 1.29 is 18.1 Å². The van der Waals surface area contributed by atoms with E-state index in [9.17, 15) is 18.5 Å². The zero-order chi connectivity index (χ0) is 21.8. The van der Waals surface area contributed by atoms with Gasteiger partial charge in [-0.2, -0.15) is 9.41 Å². The topological polar surface area (TPSA) is 127 Å². The molecule has 0 unspecified atom stereocenters. The molecule has 1 fully saturated rings. The van der Waals surface area contributed by atoms with Gasteiger partial charge < -0.3 is 4.74 Å². The number of rotatable bonds is 6. The van der Waals surface area contributed by atoms with Crippen LogP contribution < -0.4 is 5.43 Å². The number of hydrazone groups is 1. The van der Waals surface area contributed by atoms with E-state index in [0.717, 1.165) is 22.5 Å². The number of hydrogen-bond acceptors (Lipinski definition) is 8. The lowest BCUT2D eigenvalue weighted by molar-refractivity contribution is -0.384. The predicted octanol–water partition coefficient (Wildman–Crippen LogP) is 2.61. The standard InChI is InChI=1S/C20H19N5O5S/c26-25(27)20-13-17(31(28,29)24-8-10-30-11-9-24)4-6-19(20)23-22-14-15-3-5-18-16(12-15)2-1-7-21-18/h1-7,12-14,23H,8-11H2/b22-14-. The normalized spacial score (nSPS) is 15.4. The van der Waals surface area contributed by atoms with Gasteiger partial charge in [0.2, 0.25) is 10.0 Å². The molecule has 1 aromatic heterocycles. The Morgan fingerprint density at radius 2 is 1.97 bits per heavy atom. The van der Waals surface area contributed by atoms with Crippen molar-refractivity contribution in [3.63, 3.8) is 0 Å². The molecule has 0 atom stereocenters. The van der Waals surface area contributed by atoms with Gasteiger partial charge in [-0.1, -0.05) is 12.1 Å². The fourth-order valence-corrected chi connectivity index (χ4v) is 4.63. The van der Waals surface area contributed by atoms with Crippen molar-refractivity contribution >= 4 is 38.5 Å². The van der Waals surface area contributed by atoms with E-state index < -0.39 is 14.9 Å². The number of morpholine rings is 1. The van der Waals surface area contributed by atoms with Crippen molar-refractivity contribution in [1.82, 2.24) is 9.29 Å². The van der Waals surface area contributed by atoms with Crippen molar-refractivity contribution in [1.29, 1.82) is 0 Å². The number of nitro groups is 1. The zero-order valence-electron chi connectivity index (χ0n) is 16.3. The van der Waals surface area contributed by atoms with Crippen LogP contribution in [0, 0.1) is 10.1 Å². The van der Waals surface area contributed by atoms with Gasteiger partial charge >= 0.3 is 0 Å². The highest BCUT2D eigenvalue weighted by Gasteiger charge is 2.28. The lowest BCUT2D eigenvalue weighted by Crippen LogP contribution is -2.40. The van der Waals surface area contributed by atoms with E-state index in [4.69, 9.17) is 4.74 Å². The number of sulfonamides is 1. The summed E-state index contributed by atoms with van der Waals surface area (Å²) < 4.78 is 32.0. The van der Waals surface area contributed by atoms with E-state index >= 15 is 0 Å². The summed E-state index contributed by atoms with van der Waals surface area (Å²) in [6, 6.07) is 13.0. The maximum Gasteiger partial charge on any atom is 0.295 e. The molecular formula is C20H19N5O5S. The highest BCUT2D eigenvalue weighted by Crippen LogP contribution is 2.29. The second kappa shape index (κ2) is 8.76. The molecule has 11 heteroatoms. The van der Waals surface area contributed by atoms with Gasteiger partial charge in [0, 0.05) is 30.7 Å². The minimum atomic E-state index is -3.84. The number of nitrogens with zero attached hydrogens (tertiary/aromatic N) is 4. The smallest absolute Gasteiger partial charge is 0.295 e. The van der Waals surface area contributed by atoms with Gasteiger partial charge in [-0.25, -0.2) is 8.42 Å². The van der Waals surface area contributed by atoms with Gasteiger partial charge in [0.15, 0.2) is 0 Å². The number of pyridine rings is 1. The number of aromatic nitrogens is 1. The quantitative estimate of drug-likeness (QED) is 0.354. The Morgan fingerprint density at radius 1 is 1.16 bits per heavy atom. The molecule has 0 bridgehead atoms. The predicted molar refractivity (Wildman–Crippen MR) is 116 cm³/mol. The zero-order valence-corrected chi connectivity index (χ0v) is 17.2. The molecule has 1 aliphatic heterocycles. The SMILES string of the molecule is O=[N+]([O-])c1cc(S(=O)(=O)N2CCOCC2)ccc1N/N=C\c1ccc2ncccc2c1. The van der Waals surface area contributed by atoms with Crippen molar-refractivity contribution in [2.24, 2.45) is 5.10 Å². The first-order valence-corrected chi connectivity index (χ1v) is 10.9. The van der Waals surface area contributed by atoms with E-state index in [2.05, 4.69) is 15.5 Å². The van der Waals surface area contributed by atoms with Gasteiger partial charge in [-0.05, 0) is 35.9 Å². The molecule has 0 saturated carbocycles. The summed E-state index contributed by atoms with van der Waals surface area (Å²) in [7, 11) is -3.84. The molecule has 3 aromatic rings. The van der Waals surface area contributed by atoms with Crippen molar-refractivity contribution in [3.05, 3.63) is 70.4 Å². The molecule has 1 saturated heterocycles. The summed E-state index contributed by atoms with van der Waals surface area (Å²) in [5.41, 5.74) is 3.97. The van der Waals surface area contributed by atoms with E-state index in [1.165, 1.54) is 22.7 Å². The molecule has 1 aliphatic rings. The molecule has 10 nitrogen and oxygen atoms in total. The fourth-order valence-electron chi connectivity index (χ4n) is 3.20. The molecule has 0 spiro atoms. The number of anilines is 1. The van der Waals surface area contributed by atoms with E-state index in [0.29, 0.717) is 13.2 Å². The second-order valence-electron chi connectivity index (χ2n) is 6.78. The first-order chi connectivity index (χ1) is 14.9. The van der Waals surface area contributed by atoms with Crippen LogP contribution in [0.4, 0.5) is 11.4 Å². The van der Waals surface area contributed by atoms with Gasteiger partial charge in [-0.15, -0.1) is 0 Å². The Kier molecular flexibility index (Phi) is 5.89. The van der Waals surface area contributed by atoms with Gasteiger partial charge in [-0.3, -0.25) is 20.5 Å². The first kappa shape index (κ1) is 20.8. The lowest BCUT2D eigenvalue weighted by Gasteiger charge is -2.26. The molecule has 0 radical (unpaired) electrons. The summed E-state index contributed by atoms with van der Waals surface area (Å²) in [5, 5.41) is 16.5. The first-order valence-electron chi connectivity index (χ1n) is 9.45. The molecule has 160 valence electrons. The Labute approximate surface area is 178 Å². The minimum Gasteiger partial charge on any atom is -0.379 e. The molecule has 0 amide bonds. The molecule has 2 aromatic carbocycles. The molecule has 0 aliphatic carbocycles. The Hall–Kier alpha value is -3.41. The average molecular weight is 441 g/mol. The molecule has 4 rings (SSSR count). The van der Waals surface area contributed by atoms with Crippen LogP contribution in [0.1, 0.15) is 5.56 Å². The third-order valence-electron chi connectivity index (χ3n) is 4.80. The van der Waals surface area contributed by atoms with Crippen LogP contribution in [-0.2, 0) is 14.8 Å². The van der Waals surface area contributed by atoms with Crippen molar-refractivity contribution in [3.8, 4) is 0 Å². The summed E-state index contributed by atoms with van der Waals surface area (Å²) in [4.78, 5) is 15.0. The number of hydrogen-bond donors (Lipinski definition) is 1. The van der Waals surface area contributed by atoms with E-state index in [-0.39, 0.29) is 29.4 Å². The van der Waals surface area contributed by atoms with Crippen LogP contribution in [0.2, 0.25) is 0 Å². The van der Waals surface area contributed by atoms with Crippen LogP contribution in [0.15, 0.2) is 64.7 Å². The van der Waals surface area contributed by atoms with E-state index in [1.54, 1.807) is 6.20 Å². The Bertz CT molecular complexity index is 1260. The fraction of sp³-hybridized carbons (Fsp3) is 0.200. The molecular weight excluding hydrogens is 422 g/mol. The monoisotopic (exact) mass is 441 g/mol. The third-order valence-corrected chi connectivity index (χ3v) is 6.69. The number of benzene rings is 2. The maximum atomic E-state index is 12.8. The Morgan fingerprint density at radius 3 is 2.74 bits per heavy atom. The third kappa shape index (κ3) is 4.53. The number of nitrogens with one attached hydrogen (secondary N) is 1. The summed E-state index contributed by atoms with van der Waals surface area (Å²) >= 11 is 0. The largest absolute Gasteiger partial charge is 0.379 e. The summed E-state index contributed by atoms with van der Waals surface area (Å²) in [6.45, 7) is 1.00. The average Bonchev–Trinajstić information content (AvgIpc) is 2.79. The van der Waals surface area contributed by atoms with Crippen LogP contribution in [0.25, 0.3) is 10.9 Å². The van der Waals surface area contributed by atoms with Gasteiger partial charge in [0.05, 0.1) is 34.8 Å². The van der Waals surface area contributed by atoms with Gasteiger partial charge in [0.25, 0.3) is 5.69 Å². The van der Waals surface area contributed by atoms with E-state index in [1.807, 2.05) is 30.3 Å². The minimum absolute atomic E-state index is 0.0876. The molecule has 1 N–H and O–H groups in total. The van der Waals surface area contributed by atoms with Crippen LogP contribution in [-0.4, -0.2) is 55.1 Å². The summed E-state index contributed by atoms with van der Waals surface area (Å²) in [5.74, 6) is 0. The summed E-state index contributed by atoms with van der Waals surface area (Å²) in [6.07, 6.45) is 3.23. The molecule has 2 heterocycles. The number of nitro benzene ring substituents is 1. The van der Waals surface area contributed by atoms with Crippen LogP contribution >= 0.6 is 0 Å².